The van der Waals surface area contributed by atoms with Gasteiger partial charge in [-0.3, -0.25) is 0 Å². The summed E-state index contributed by atoms with van der Waals surface area (Å²) in [6, 6.07) is 3.86. The van der Waals surface area contributed by atoms with Crippen molar-refractivity contribution < 1.29 is 17.6 Å². The van der Waals surface area contributed by atoms with Crippen LogP contribution in [0.3, 0.4) is 0 Å². The molecule has 1 rings (SSSR count). The Labute approximate surface area is 89.2 Å². The SMILES string of the molecule is Fc1cc(Cl)ccc1CC=CC(F)(F)F. The van der Waals surface area contributed by atoms with E-state index in [1.165, 1.54) is 12.1 Å². The van der Waals surface area contributed by atoms with Gasteiger partial charge in [-0.1, -0.05) is 23.7 Å². The summed E-state index contributed by atoms with van der Waals surface area (Å²) in [5.41, 5.74) is 0.180. The van der Waals surface area contributed by atoms with Gasteiger partial charge >= 0.3 is 6.18 Å². The van der Waals surface area contributed by atoms with Crippen LogP contribution in [-0.2, 0) is 6.42 Å². The number of halogens is 5. The van der Waals surface area contributed by atoms with Gasteiger partial charge in [0, 0.05) is 11.1 Å². The van der Waals surface area contributed by atoms with Gasteiger partial charge in [0.1, 0.15) is 5.82 Å². The Morgan fingerprint density at radius 3 is 2.47 bits per heavy atom. The van der Waals surface area contributed by atoms with Crippen molar-refractivity contribution >= 4 is 11.6 Å². The first kappa shape index (κ1) is 12.0. The Hall–Kier alpha value is -1.03. The molecule has 0 fully saturated rings. The summed E-state index contributed by atoms with van der Waals surface area (Å²) in [5, 5.41) is 0.219. The lowest BCUT2D eigenvalue weighted by atomic mass is 10.1. The average molecular weight is 239 g/mol. The molecule has 0 aliphatic rings. The molecule has 0 amide bonds. The molecule has 1 aromatic carbocycles. The predicted molar refractivity (Wildman–Crippen MR) is 50.3 cm³/mol. The van der Waals surface area contributed by atoms with Crippen LogP contribution in [0.2, 0.25) is 5.02 Å². The molecule has 0 saturated carbocycles. The summed E-state index contributed by atoms with van der Waals surface area (Å²) in [5.74, 6) is -0.602. The fraction of sp³-hybridized carbons (Fsp3) is 0.200. The molecule has 0 aliphatic carbocycles. The normalized spacial score (nSPS) is 12.3. The van der Waals surface area contributed by atoms with Crippen molar-refractivity contribution in [3.05, 3.63) is 46.8 Å². The molecule has 0 aliphatic heterocycles. The van der Waals surface area contributed by atoms with E-state index in [9.17, 15) is 17.6 Å². The number of hydrogen-bond acceptors (Lipinski definition) is 0. The van der Waals surface area contributed by atoms with Gasteiger partial charge < -0.3 is 0 Å². The lowest BCUT2D eigenvalue weighted by Crippen LogP contribution is -2.01. The van der Waals surface area contributed by atoms with E-state index >= 15 is 0 Å². The topological polar surface area (TPSA) is 0 Å². The largest absolute Gasteiger partial charge is 0.409 e. The summed E-state index contributed by atoms with van der Waals surface area (Å²) < 4.78 is 48.2. The van der Waals surface area contributed by atoms with Crippen molar-refractivity contribution in [3.8, 4) is 0 Å². The maximum atomic E-state index is 13.1. The predicted octanol–water partition coefficient (Wildman–Crippen LogP) is 4.14. The smallest absolute Gasteiger partial charge is 0.207 e. The summed E-state index contributed by atoms with van der Waals surface area (Å²) >= 11 is 5.49. The molecule has 1 aromatic rings. The zero-order chi connectivity index (χ0) is 11.5. The van der Waals surface area contributed by atoms with Crippen molar-refractivity contribution in [1.29, 1.82) is 0 Å². The van der Waals surface area contributed by atoms with Gasteiger partial charge in [0.15, 0.2) is 0 Å². The average Bonchev–Trinajstić information content (AvgIpc) is 2.07. The quantitative estimate of drug-likeness (QED) is 0.537. The molecule has 5 heteroatoms. The Morgan fingerprint density at radius 2 is 1.93 bits per heavy atom. The van der Waals surface area contributed by atoms with Crippen molar-refractivity contribution in [1.82, 2.24) is 0 Å². The highest BCUT2D eigenvalue weighted by molar-refractivity contribution is 6.30. The molecule has 0 atom stereocenters. The van der Waals surface area contributed by atoms with E-state index in [2.05, 4.69) is 0 Å². The Morgan fingerprint density at radius 1 is 1.27 bits per heavy atom. The monoisotopic (exact) mass is 238 g/mol. The second-order valence-corrected chi connectivity index (χ2v) is 3.32. The summed E-state index contributed by atoms with van der Waals surface area (Å²) in [6.07, 6.45) is -3.52. The second-order valence-electron chi connectivity index (χ2n) is 2.88. The molecule has 0 aromatic heterocycles. The minimum atomic E-state index is -4.36. The highest BCUT2D eigenvalue weighted by Crippen LogP contribution is 2.18. The van der Waals surface area contributed by atoms with E-state index in [1.54, 1.807) is 0 Å². The van der Waals surface area contributed by atoms with Crippen LogP contribution < -0.4 is 0 Å². The van der Waals surface area contributed by atoms with Crippen LogP contribution in [0.15, 0.2) is 30.4 Å². The van der Waals surface area contributed by atoms with Crippen LogP contribution in [0.4, 0.5) is 17.6 Å². The molecular formula is C10H7ClF4. The van der Waals surface area contributed by atoms with E-state index in [4.69, 9.17) is 11.6 Å². The molecule has 15 heavy (non-hydrogen) atoms. The van der Waals surface area contributed by atoms with Crippen molar-refractivity contribution in [3.63, 3.8) is 0 Å². The third kappa shape index (κ3) is 4.34. The molecule has 82 valence electrons. The van der Waals surface area contributed by atoms with Gasteiger partial charge in [-0.05, 0) is 24.1 Å². The van der Waals surface area contributed by atoms with Crippen molar-refractivity contribution in [2.45, 2.75) is 12.6 Å². The van der Waals surface area contributed by atoms with Gasteiger partial charge in [0.25, 0.3) is 0 Å². The third-order valence-corrected chi connectivity index (χ3v) is 1.89. The molecule has 0 radical (unpaired) electrons. The van der Waals surface area contributed by atoms with Gasteiger partial charge in [-0.25, -0.2) is 4.39 Å². The Bertz CT molecular complexity index is 368. The first-order chi connectivity index (χ1) is 6.88. The molecule has 0 spiro atoms. The van der Waals surface area contributed by atoms with Crippen LogP contribution in [0.5, 0.6) is 0 Å². The summed E-state index contributed by atoms with van der Waals surface area (Å²) in [4.78, 5) is 0. The van der Waals surface area contributed by atoms with E-state index < -0.39 is 12.0 Å². The minimum Gasteiger partial charge on any atom is -0.207 e. The number of alkyl halides is 3. The Kier molecular flexibility index (Phi) is 3.74. The van der Waals surface area contributed by atoms with E-state index in [0.29, 0.717) is 0 Å². The molecule has 0 heterocycles. The van der Waals surface area contributed by atoms with Crippen LogP contribution >= 0.6 is 11.6 Å². The zero-order valence-corrected chi connectivity index (χ0v) is 8.24. The first-order valence-corrected chi connectivity index (χ1v) is 4.44. The number of rotatable bonds is 2. The summed E-state index contributed by atoms with van der Waals surface area (Å²) in [7, 11) is 0. The second kappa shape index (κ2) is 4.66. The molecule has 0 bridgehead atoms. The van der Waals surface area contributed by atoms with E-state index in [0.717, 1.165) is 12.1 Å². The fourth-order valence-electron chi connectivity index (χ4n) is 1.01. The molecule has 0 nitrogen and oxygen atoms in total. The lowest BCUT2D eigenvalue weighted by Gasteiger charge is -2.00. The maximum Gasteiger partial charge on any atom is 0.409 e. The van der Waals surface area contributed by atoms with E-state index in [1.807, 2.05) is 0 Å². The van der Waals surface area contributed by atoms with Crippen molar-refractivity contribution in [2.24, 2.45) is 0 Å². The van der Waals surface area contributed by atoms with Gasteiger partial charge in [0.2, 0.25) is 0 Å². The highest BCUT2D eigenvalue weighted by atomic mass is 35.5. The first-order valence-electron chi connectivity index (χ1n) is 4.07. The molecular weight excluding hydrogens is 232 g/mol. The zero-order valence-electron chi connectivity index (χ0n) is 7.48. The number of hydrogen-bond donors (Lipinski definition) is 0. The van der Waals surface area contributed by atoms with Crippen LogP contribution in [-0.4, -0.2) is 6.18 Å². The molecule has 0 unspecified atom stereocenters. The Balaban J connectivity index is 2.70. The number of benzene rings is 1. The van der Waals surface area contributed by atoms with Gasteiger partial charge in [-0.2, -0.15) is 13.2 Å². The van der Waals surface area contributed by atoms with Crippen LogP contribution in [0, 0.1) is 5.82 Å². The standard InChI is InChI=1S/C10H7ClF4/c11-8-4-3-7(9(12)6-8)2-1-5-10(13,14)15/h1,3-6H,2H2. The number of allylic oxidation sites excluding steroid dienone is 2. The minimum absolute atomic E-state index is 0.0844. The van der Waals surface area contributed by atoms with E-state index in [-0.39, 0.29) is 23.1 Å². The van der Waals surface area contributed by atoms with Gasteiger partial charge in [-0.15, -0.1) is 0 Å². The highest BCUT2D eigenvalue weighted by Gasteiger charge is 2.21. The molecule has 0 N–H and O–H groups in total. The van der Waals surface area contributed by atoms with Crippen LogP contribution in [0.1, 0.15) is 5.56 Å². The van der Waals surface area contributed by atoms with Crippen molar-refractivity contribution in [2.75, 3.05) is 0 Å². The van der Waals surface area contributed by atoms with Crippen LogP contribution in [0.25, 0.3) is 0 Å². The third-order valence-electron chi connectivity index (χ3n) is 1.66. The maximum absolute atomic E-state index is 13.1. The lowest BCUT2D eigenvalue weighted by molar-refractivity contribution is -0.0800. The molecule has 0 saturated heterocycles. The summed E-state index contributed by atoms with van der Waals surface area (Å²) in [6.45, 7) is 0. The van der Waals surface area contributed by atoms with Gasteiger partial charge in [0.05, 0.1) is 0 Å². The fourth-order valence-corrected chi connectivity index (χ4v) is 1.17.